The first kappa shape index (κ1) is 16.2. The summed E-state index contributed by atoms with van der Waals surface area (Å²) in [7, 11) is 0. The summed E-state index contributed by atoms with van der Waals surface area (Å²) in [5.41, 5.74) is 4.02. The Morgan fingerprint density at radius 3 is 2.62 bits per heavy atom. The van der Waals surface area contributed by atoms with Crippen molar-refractivity contribution in [3.8, 4) is 0 Å². The van der Waals surface area contributed by atoms with E-state index in [-0.39, 0.29) is 24.5 Å². The number of amides is 1. The second-order valence-corrected chi connectivity index (χ2v) is 7.18. The van der Waals surface area contributed by atoms with Gasteiger partial charge in [0.1, 0.15) is 5.54 Å². The molecule has 2 fully saturated rings. The minimum Gasteiger partial charge on any atom is -0.481 e. The molecule has 1 aliphatic heterocycles. The van der Waals surface area contributed by atoms with Crippen LogP contribution in [0.25, 0.3) is 0 Å². The molecule has 6 nitrogen and oxygen atoms in total. The zero-order valence-electron chi connectivity index (χ0n) is 13.2. The molecule has 0 spiro atoms. The predicted octanol–water partition coefficient (Wildman–Crippen LogP) is 0.746. The number of carbonyl (C=O) groups excluding carboxylic acids is 1. The number of hydrogen-bond acceptors (Lipinski definition) is 4. The van der Waals surface area contributed by atoms with E-state index in [0.717, 1.165) is 6.42 Å². The monoisotopic (exact) mass is 298 g/mol. The average molecular weight is 298 g/mol. The van der Waals surface area contributed by atoms with Crippen molar-refractivity contribution in [3.05, 3.63) is 0 Å². The Bertz CT molecular complexity index is 465. The van der Waals surface area contributed by atoms with Gasteiger partial charge in [-0.15, -0.1) is 0 Å². The van der Waals surface area contributed by atoms with E-state index in [9.17, 15) is 14.7 Å². The minimum absolute atomic E-state index is 0.0187. The topological polar surface area (TPSA) is 102 Å². The third-order valence-electron chi connectivity index (χ3n) is 5.77. The lowest BCUT2D eigenvalue weighted by atomic mass is 9.48. The fourth-order valence-corrected chi connectivity index (χ4v) is 3.62. The highest BCUT2D eigenvalue weighted by molar-refractivity contribution is 5.90. The number of carboxylic acid groups (broad SMARTS) is 1. The van der Waals surface area contributed by atoms with Gasteiger partial charge in [-0.05, 0) is 19.8 Å². The molecule has 0 aromatic carbocycles. The van der Waals surface area contributed by atoms with Gasteiger partial charge in [-0.25, -0.2) is 0 Å². The van der Waals surface area contributed by atoms with Gasteiger partial charge in [-0.1, -0.05) is 20.8 Å². The van der Waals surface area contributed by atoms with Gasteiger partial charge in [0.15, 0.2) is 0 Å². The molecular weight excluding hydrogens is 272 g/mol. The number of aliphatic carboxylic acids is 1. The predicted molar refractivity (Wildman–Crippen MR) is 77.6 cm³/mol. The summed E-state index contributed by atoms with van der Waals surface area (Å²) < 4.78 is 5.66. The van der Waals surface area contributed by atoms with Crippen LogP contribution >= 0.6 is 0 Å². The molecule has 120 valence electrons. The van der Waals surface area contributed by atoms with Crippen molar-refractivity contribution in [3.63, 3.8) is 0 Å². The molecule has 4 unspecified atom stereocenters. The van der Waals surface area contributed by atoms with E-state index in [4.69, 9.17) is 10.5 Å². The molecule has 2 aliphatic rings. The summed E-state index contributed by atoms with van der Waals surface area (Å²) in [6.07, 6.45) is 1.24. The van der Waals surface area contributed by atoms with Crippen LogP contribution in [0.4, 0.5) is 0 Å². The van der Waals surface area contributed by atoms with E-state index in [1.54, 1.807) is 13.8 Å². The first-order valence-corrected chi connectivity index (χ1v) is 7.53. The first-order valence-electron chi connectivity index (χ1n) is 7.53. The van der Waals surface area contributed by atoms with Crippen LogP contribution < -0.4 is 11.1 Å². The van der Waals surface area contributed by atoms with Crippen LogP contribution in [0.1, 0.15) is 40.5 Å². The molecule has 0 aromatic heterocycles. The van der Waals surface area contributed by atoms with Crippen LogP contribution in [0.15, 0.2) is 0 Å². The van der Waals surface area contributed by atoms with E-state index in [0.29, 0.717) is 13.0 Å². The normalized spacial score (nSPS) is 36.2. The highest BCUT2D eigenvalue weighted by atomic mass is 16.5. The number of hydrogen-bond donors (Lipinski definition) is 3. The molecular formula is C15H26N2O4. The van der Waals surface area contributed by atoms with E-state index in [1.165, 1.54) is 0 Å². The number of ether oxygens (including phenoxy) is 1. The lowest BCUT2D eigenvalue weighted by molar-refractivity contribution is -0.176. The second kappa shape index (κ2) is 4.95. The second-order valence-electron chi connectivity index (χ2n) is 7.18. The molecule has 0 radical (unpaired) electrons. The van der Waals surface area contributed by atoms with Crippen LogP contribution in [0, 0.1) is 16.7 Å². The highest BCUT2D eigenvalue weighted by Crippen LogP contribution is 2.58. The SMILES string of the molecule is CCC(C)(CNC(=O)C1(N)C2CCOC2C1(C)C)C(=O)O. The Kier molecular flexibility index (Phi) is 3.83. The highest BCUT2D eigenvalue weighted by Gasteiger charge is 2.71. The van der Waals surface area contributed by atoms with E-state index in [1.807, 2.05) is 13.8 Å². The summed E-state index contributed by atoms with van der Waals surface area (Å²) in [4.78, 5) is 23.9. The van der Waals surface area contributed by atoms with Crippen LogP contribution in [0.5, 0.6) is 0 Å². The van der Waals surface area contributed by atoms with Gasteiger partial charge >= 0.3 is 5.97 Å². The number of rotatable bonds is 5. The average Bonchev–Trinajstić information content (AvgIpc) is 2.91. The summed E-state index contributed by atoms with van der Waals surface area (Å²) in [5, 5.41) is 12.0. The smallest absolute Gasteiger partial charge is 0.311 e. The third kappa shape index (κ3) is 2.07. The van der Waals surface area contributed by atoms with Crippen LogP contribution in [0.3, 0.4) is 0 Å². The summed E-state index contributed by atoms with van der Waals surface area (Å²) in [6.45, 7) is 8.03. The fraction of sp³-hybridized carbons (Fsp3) is 0.867. The molecule has 4 atom stereocenters. The fourth-order valence-electron chi connectivity index (χ4n) is 3.62. The quantitative estimate of drug-likeness (QED) is 0.695. The van der Waals surface area contributed by atoms with Crippen LogP contribution in [0.2, 0.25) is 0 Å². The maximum absolute atomic E-state index is 12.6. The minimum atomic E-state index is -0.985. The summed E-state index contributed by atoms with van der Waals surface area (Å²) >= 11 is 0. The summed E-state index contributed by atoms with van der Waals surface area (Å²) in [5.74, 6) is -1.16. The molecule has 1 amide bonds. The first-order chi connectivity index (χ1) is 9.61. The lowest BCUT2D eigenvalue weighted by Crippen LogP contribution is -2.80. The van der Waals surface area contributed by atoms with Crippen molar-refractivity contribution in [2.75, 3.05) is 13.2 Å². The van der Waals surface area contributed by atoms with Gasteiger partial charge < -0.3 is 20.9 Å². The number of carbonyl (C=O) groups is 2. The van der Waals surface area contributed by atoms with Gasteiger partial charge in [0.25, 0.3) is 0 Å². The molecule has 1 saturated carbocycles. The van der Waals surface area contributed by atoms with Gasteiger partial charge in [-0.3, -0.25) is 9.59 Å². The van der Waals surface area contributed by atoms with Gasteiger partial charge in [0.05, 0.1) is 11.5 Å². The van der Waals surface area contributed by atoms with E-state index < -0.39 is 22.3 Å². The van der Waals surface area contributed by atoms with E-state index in [2.05, 4.69) is 5.32 Å². The molecule has 1 heterocycles. The largest absolute Gasteiger partial charge is 0.481 e. The number of carboxylic acids is 1. The Labute approximate surface area is 125 Å². The van der Waals surface area contributed by atoms with Crippen molar-refractivity contribution >= 4 is 11.9 Å². The molecule has 1 saturated heterocycles. The van der Waals surface area contributed by atoms with Crippen LogP contribution in [-0.4, -0.2) is 41.8 Å². The van der Waals surface area contributed by atoms with Crippen molar-refractivity contribution < 1.29 is 19.4 Å². The summed E-state index contributed by atoms with van der Waals surface area (Å²) in [6, 6.07) is 0. The van der Waals surface area contributed by atoms with Crippen molar-refractivity contribution in [1.29, 1.82) is 0 Å². The Hall–Kier alpha value is -1.14. The van der Waals surface area contributed by atoms with Crippen molar-refractivity contribution in [2.24, 2.45) is 22.5 Å². The maximum Gasteiger partial charge on any atom is 0.311 e. The Balaban J connectivity index is 2.09. The molecule has 1 aliphatic carbocycles. The van der Waals surface area contributed by atoms with Crippen molar-refractivity contribution in [1.82, 2.24) is 5.32 Å². The standard InChI is InChI=1S/C15H26N2O4/c1-5-14(4,12(19)20)8-17-11(18)15(16)9-6-7-21-10(9)13(15,2)3/h9-10H,5-8,16H2,1-4H3,(H,17,18)(H,19,20). The van der Waals surface area contributed by atoms with Gasteiger partial charge in [0, 0.05) is 24.5 Å². The Morgan fingerprint density at radius 1 is 1.48 bits per heavy atom. The molecule has 2 rings (SSSR count). The molecule has 0 aromatic rings. The van der Waals surface area contributed by atoms with Crippen molar-refractivity contribution in [2.45, 2.75) is 52.2 Å². The third-order valence-corrected chi connectivity index (χ3v) is 5.77. The maximum atomic E-state index is 12.6. The lowest BCUT2D eigenvalue weighted by Gasteiger charge is -2.60. The van der Waals surface area contributed by atoms with Gasteiger partial charge in [-0.2, -0.15) is 0 Å². The molecule has 21 heavy (non-hydrogen) atoms. The zero-order chi connectivity index (χ0) is 16.1. The molecule has 0 bridgehead atoms. The molecule has 6 heteroatoms. The van der Waals surface area contributed by atoms with E-state index >= 15 is 0 Å². The number of nitrogens with one attached hydrogen (secondary N) is 1. The van der Waals surface area contributed by atoms with Gasteiger partial charge in [0.2, 0.25) is 5.91 Å². The number of nitrogens with two attached hydrogens (primary N) is 1. The Morgan fingerprint density at radius 2 is 2.10 bits per heavy atom. The zero-order valence-corrected chi connectivity index (χ0v) is 13.2. The number of fused-ring (bicyclic) bond motifs is 1. The van der Waals surface area contributed by atoms with Crippen LogP contribution in [-0.2, 0) is 14.3 Å². The molecule has 4 N–H and O–H groups in total.